The third-order valence-electron chi connectivity index (χ3n) is 4.89. The molecule has 0 amide bonds. The van der Waals surface area contributed by atoms with E-state index < -0.39 is 0 Å². The topological polar surface area (TPSA) is 57.5 Å². The number of guanidine groups is 1. The van der Waals surface area contributed by atoms with E-state index in [2.05, 4.69) is 56.3 Å². The van der Waals surface area contributed by atoms with Crippen molar-refractivity contribution in [1.29, 1.82) is 0 Å². The second-order valence-corrected chi connectivity index (χ2v) is 6.98. The first kappa shape index (κ1) is 19.4. The molecule has 0 bridgehead atoms. The van der Waals surface area contributed by atoms with Crippen LogP contribution in [0.1, 0.15) is 37.6 Å². The maximum Gasteiger partial charge on any atom is 0.191 e. The van der Waals surface area contributed by atoms with Crippen molar-refractivity contribution >= 4 is 5.96 Å². The summed E-state index contributed by atoms with van der Waals surface area (Å²) in [6.07, 6.45) is 7.92. The van der Waals surface area contributed by atoms with Gasteiger partial charge in [-0.1, -0.05) is 36.8 Å². The maximum atomic E-state index is 4.73. The molecule has 6 nitrogen and oxygen atoms in total. The SMILES string of the molecule is CCNC(=NCc1nccn1Cc1ccccc1)NCCN1CCCCC1. The second kappa shape index (κ2) is 10.7. The fraction of sp³-hybridized carbons (Fsp3) is 0.524. The van der Waals surface area contributed by atoms with Gasteiger partial charge in [0.2, 0.25) is 0 Å². The van der Waals surface area contributed by atoms with Gasteiger partial charge in [-0.15, -0.1) is 0 Å². The van der Waals surface area contributed by atoms with Gasteiger partial charge < -0.3 is 20.1 Å². The van der Waals surface area contributed by atoms with Gasteiger partial charge in [0.15, 0.2) is 5.96 Å². The van der Waals surface area contributed by atoms with Crippen LogP contribution in [0.4, 0.5) is 0 Å². The van der Waals surface area contributed by atoms with Crippen LogP contribution in [0.25, 0.3) is 0 Å². The molecule has 1 fully saturated rings. The lowest BCUT2D eigenvalue weighted by Gasteiger charge is -2.26. The quantitative estimate of drug-likeness (QED) is 0.555. The molecule has 3 rings (SSSR count). The van der Waals surface area contributed by atoms with E-state index in [0.717, 1.165) is 38.0 Å². The highest BCUT2D eigenvalue weighted by molar-refractivity contribution is 5.79. The molecular weight excluding hydrogens is 336 g/mol. The maximum absolute atomic E-state index is 4.73. The zero-order chi connectivity index (χ0) is 18.7. The fourth-order valence-corrected chi connectivity index (χ4v) is 3.42. The van der Waals surface area contributed by atoms with Gasteiger partial charge in [0.1, 0.15) is 12.4 Å². The standard InChI is InChI=1S/C21H32N6/c1-2-22-21(24-11-15-26-13-7-4-8-14-26)25-17-20-23-12-16-27(20)18-19-9-5-3-6-10-19/h3,5-6,9-10,12,16H,2,4,7-8,11,13-15,17-18H2,1H3,(H2,22,24,25). The van der Waals surface area contributed by atoms with Crippen LogP contribution in [0.15, 0.2) is 47.7 Å². The van der Waals surface area contributed by atoms with Crippen LogP contribution < -0.4 is 10.6 Å². The molecule has 2 aromatic rings. The van der Waals surface area contributed by atoms with Crippen LogP contribution in [-0.4, -0.2) is 53.1 Å². The third kappa shape index (κ3) is 6.40. The van der Waals surface area contributed by atoms with E-state index in [1.54, 1.807) is 0 Å². The molecule has 0 unspecified atom stereocenters. The highest BCUT2D eigenvalue weighted by Gasteiger charge is 2.09. The van der Waals surface area contributed by atoms with E-state index in [1.807, 2.05) is 18.5 Å². The van der Waals surface area contributed by atoms with Crippen molar-refractivity contribution in [3.8, 4) is 0 Å². The largest absolute Gasteiger partial charge is 0.357 e. The van der Waals surface area contributed by atoms with Gasteiger partial charge in [0, 0.05) is 38.6 Å². The zero-order valence-corrected chi connectivity index (χ0v) is 16.4. The Morgan fingerprint density at radius 1 is 1.11 bits per heavy atom. The Kier molecular flexibility index (Phi) is 7.71. The minimum absolute atomic E-state index is 0.568. The van der Waals surface area contributed by atoms with E-state index in [9.17, 15) is 0 Å². The number of likely N-dealkylation sites (tertiary alicyclic amines) is 1. The van der Waals surface area contributed by atoms with E-state index in [-0.39, 0.29) is 0 Å². The molecule has 0 spiro atoms. The smallest absolute Gasteiger partial charge is 0.191 e. The number of piperidine rings is 1. The monoisotopic (exact) mass is 368 g/mol. The van der Waals surface area contributed by atoms with Gasteiger partial charge in [-0.25, -0.2) is 9.98 Å². The Hall–Kier alpha value is -2.34. The van der Waals surface area contributed by atoms with Gasteiger partial charge in [-0.05, 0) is 38.4 Å². The number of benzene rings is 1. The third-order valence-corrected chi connectivity index (χ3v) is 4.89. The van der Waals surface area contributed by atoms with Gasteiger partial charge in [-0.3, -0.25) is 0 Å². The summed E-state index contributed by atoms with van der Waals surface area (Å²) in [5, 5.41) is 6.80. The van der Waals surface area contributed by atoms with Crippen LogP contribution in [0.5, 0.6) is 0 Å². The molecular formula is C21H32N6. The average molecular weight is 369 g/mol. The Labute approximate surface area is 162 Å². The number of nitrogens with zero attached hydrogens (tertiary/aromatic N) is 4. The van der Waals surface area contributed by atoms with Crippen molar-refractivity contribution in [3.05, 3.63) is 54.1 Å². The highest BCUT2D eigenvalue weighted by Crippen LogP contribution is 2.08. The van der Waals surface area contributed by atoms with Crippen molar-refractivity contribution in [2.45, 2.75) is 39.3 Å². The van der Waals surface area contributed by atoms with Gasteiger partial charge in [0.05, 0.1) is 0 Å². The molecule has 2 heterocycles. The predicted molar refractivity (Wildman–Crippen MR) is 111 cm³/mol. The summed E-state index contributed by atoms with van der Waals surface area (Å²) in [7, 11) is 0. The molecule has 0 atom stereocenters. The highest BCUT2D eigenvalue weighted by atomic mass is 15.2. The molecule has 1 aromatic heterocycles. The van der Waals surface area contributed by atoms with E-state index >= 15 is 0 Å². The fourth-order valence-electron chi connectivity index (χ4n) is 3.42. The summed E-state index contributed by atoms with van der Waals surface area (Å²) in [5.41, 5.74) is 1.27. The number of rotatable bonds is 8. The van der Waals surface area contributed by atoms with Crippen molar-refractivity contribution in [2.24, 2.45) is 4.99 Å². The Morgan fingerprint density at radius 2 is 1.93 bits per heavy atom. The van der Waals surface area contributed by atoms with Crippen molar-refractivity contribution in [3.63, 3.8) is 0 Å². The van der Waals surface area contributed by atoms with E-state index in [1.165, 1.54) is 37.9 Å². The predicted octanol–water partition coefficient (Wildman–Crippen LogP) is 2.47. The minimum Gasteiger partial charge on any atom is -0.357 e. The molecule has 6 heteroatoms. The molecule has 0 radical (unpaired) electrons. The summed E-state index contributed by atoms with van der Waals surface area (Å²) < 4.78 is 2.16. The lowest BCUT2D eigenvalue weighted by Crippen LogP contribution is -2.42. The zero-order valence-electron chi connectivity index (χ0n) is 16.4. The van der Waals surface area contributed by atoms with E-state index in [4.69, 9.17) is 4.99 Å². The van der Waals surface area contributed by atoms with Gasteiger partial charge in [0.25, 0.3) is 0 Å². The van der Waals surface area contributed by atoms with Gasteiger partial charge in [-0.2, -0.15) is 0 Å². The number of aliphatic imine (C=N–C) groups is 1. The first-order chi connectivity index (χ1) is 13.3. The first-order valence-electron chi connectivity index (χ1n) is 10.1. The molecule has 0 aliphatic carbocycles. The van der Waals surface area contributed by atoms with Crippen LogP contribution in [0, 0.1) is 0 Å². The molecule has 0 saturated carbocycles. The molecule has 1 aliphatic rings. The molecule has 146 valence electrons. The van der Waals surface area contributed by atoms with Gasteiger partial charge >= 0.3 is 0 Å². The lowest BCUT2D eigenvalue weighted by molar-refractivity contribution is 0.232. The number of hydrogen-bond acceptors (Lipinski definition) is 3. The molecule has 27 heavy (non-hydrogen) atoms. The second-order valence-electron chi connectivity index (χ2n) is 6.98. The Bertz CT molecular complexity index is 688. The minimum atomic E-state index is 0.568. The van der Waals surface area contributed by atoms with Crippen LogP contribution in [0.2, 0.25) is 0 Å². The lowest BCUT2D eigenvalue weighted by atomic mass is 10.1. The summed E-state index contributed by atoms with van der Waals surface area (Å²) in [6, 6.07) is 10.5. The summed E-state index contributed by atoms with van der Waals surface area (Å²) in [5.74, 6) is 1.84. The number of aromatic nitrogens is 2. The molecule has 2 N–H and O–H groups in total. The summed E-state index contributed by atoms with van der Waals surface area (Å²) >= 11 is 0. The van der Waals surface area contributed by atoms with Crippen LogP contribution >= 0.6 is 0 Å². The number of hydrogen-bond donors (Lipinski definition) is 2. The molecule has 1 saturated heterocycles. The normalized spacial score (nSPS) is 15.7. The summed E-state index contributed by atoms with van der Waals surface area (Å²) in [6.45, 7) is 8.80. The van der Waals surface area contributed by atoms with Crippen LogP contribution in [0.3, 0.4) is 0 Å². The Morgan fingerprint density at radius 3 is 2.70 bits per heavy atom. The number of nitrogens with one attached hydrogen (secondary N) is 2. The average Bonchev–Trinajstić information content (AvgIpc) is 3.14. The van der Waals surface area contributed by atoms with Crippen LogP contribution in [-0.2, 0) is 13.1 Å². The molecule has 1 aliphatic heterocycles. The van der Waals surface area contributed by atoms with Crippen molar-refractivity contribution in [2.75, 3.05) is 32.7 Å². The summed E-state index contributed by atoms with van der Waals surface area (Å²) in [4.78, 5) is 11.8. The van der Waals surface area contributed by atoms with E-state index in [0.29, 0.717) is 6.54 Å². The van der Waals surface area contributed by atoms with Crippen molar-refractivity contribution < 1.29 is 0 Å². The molecule has 1 aromatic carbocycles. The van der Waals surface area contributed by atoms with Crippen molar-refractivity contribution in [1.82, 2.24) is 25.1 Å². The Balaban J connectivity index is 1.52. The first-order valence-corrected chi connectivity index (χ1v) is 10.1. The number of imidazole rings is 1.